The molecule has 2 aliphatic carbocycles. The van der Waals surface area contributed by atoms with Crippen LogP contribution in [0.5, 0.6) is 0 Å². The molecule has 29 heavy (non-hydrogen) atoms. The van der Waals surface area contributed by atoms with Gasteiger partial charge in [-0.05, 0) is 87.2 Å². The lowest BCUT2D eigenvalue weighted by atomic mass is 9.45. The second-order valence-corrected chi connectivity index (χ2v) is 10.9. The van der Waals surface area contributed by atoms with E-state index in [4.69, 9.17) is 4.74 Å². The molecule has 0 aromatic heterocycles. The summed E-state index contributed by atoms with van der Waals surface area (Å²) < 4.78 is 6.55. The molecule has 1 saturated heterocycles. The predicted octanol–water partition coefficient (Wildman–Crippen LogP) is 3.60. The van der Waals surface area contributed by atoms with Crippen molar-refractivity contribution in [3.05, 3.63) is 11.6 Å². The minimum absolute atomic E-state index is 0.148. The molecule has 2 saturated carbocycles. The lowest BCUT2D eigenvalue weighted by Gasteiger charge is -2.60. The van der Waals surface area contributed by atoms with Crippen molar-refractivity contribution in [2.75, 3.05) is 0 Å². The van der Waals surface area contributed by atoms with E-state index >= 15 is 0 Å². The number of rotatable bonds is 5. The number of Topliss-reactive ketones (excluding diaryl/α,β-unsaturated/α-hetero) is 2. The Hall–Kier alpha value is -1.04. The Balaban J connectivity index is 1.96. The van der Waals surface area contributed by atoms with E-state index in [0.29, 0.717) is 29.2 Å². The second kappa shape index (κ2) is 7.58. The first-order chi connectivity index (χ1) is 13.3. The van der Waals surface area contributed by atoms with Crippen LogP contribution in [0.25, 0.3) is 0 Å². The van der Waals surface area contributed by atoms with Crippen molar-refractivity contribution >= 4 is 11.6 Å². The lowest BCUT2D eigenvalue weighted by Crippen LogP contribution is -2.55. The number of ether oxygens (including phenoxy) is 1. The smallest absolute Gasteiger partial charge is 0.162 e. The number of carbonyl (C=O) groups is 2. The van der Waals surface area contributed by atoms with E-state index in [1.807, 2.05) is 0 Å². The summed E-state index contributed by atoms with van der Waals surface area (Å²) in [5.74, 6) is 0.118. The minimum atomic E-state index is -1.36. The summed E-state index contributed by atoms with van der Waals surface area (Å²) in [6.45, 7) is 12.0. The molecule has 2 N–H and O–H groups in total. The summed E-state index contributed by atoms with van der Waals surface area (Å²) in [4.78, 5) is 23.6. The number of ketones is 2. The molecule has 0 radical (unpaired) electrons. The van der Waals surface area contributed by atoms with Crippen LogP contribution in [0.4, 0.5) is 0 Å². The Morgan fingerprint density at radius 2 is 1.66 bits per heavy atom. The van der Waals surface area contributed by atoms with E-state index in [1.165, 1.54) is 39.2 Å². The van der Waals surface area contributed by atoms with Crippen LogP contribution < -0.4 is 0 Å². The highest BCUT2D eigenvalue weighted by molar-refractivity contribution is 5.85. The van der Waals surface area contributed by atoms with Gasteiger partial charge in [-0.25, -0.2) is 0 Å². The van der Waals surface area contributed by atoms with Gasteiger partial charge in [0.1, 0.15) is 12.2 Å². The highest BCUT2D eigenvalue weighted by atomic mass is 16.5. The van der Waals surface area contributed by atoms with E-state index in [9.17, 15) is 19.8 Å². The van der Waals surface area contributed by atoms with Crippen molar-refractivity contribution in [1.29, 1.82) is 0 Å². The van der Waals surface area contributed by atoms with Crippen LogP contribution in [0.15, 0.2) is 11.6 Å². The SMILES string of the molecule is CC(=O)C(O)C=C(C1CC2C(C)(CCC3C(C)(C)CCCC32C)O1)C(O)C(C)=O. The Morgan fingerprint density at radius 3 is 2.24 bits per heavy atom. The number of hydrogen-bond donors (Lipinski definition) is 2. The van der Waals surface area contributed by atoms with Crippen molar-refractivity contribution < 1.29 is 24.5 Å². The van der Waals surface area contributed by atoms with Crippen LogP contribution in [-0.4, -0.2) is 45.7 Å². The summed E-state index contributed by atoms with van der Waals surface area (Å²) in [6.07, 6.45) is 4.59. The molecule has 3 aliphatic rings. The maximum atomic E-state index is 12.0. The van der Waals surface area contributed by atoms with Crippen LogP contribution in [0.2, 0.25) is 0 Å². The van der Waals surface area contributed by atoms with Crippen LogP contribution in [0.1, 0.15) is 80.1 Å². The van der Waals surface area contributed by atoms with Gasteiger partial charge in [-0.1, -0.05) is 27.2 Å². The molecule has 0 amide bonds. The largest absolute Gasteiger partial charge is 0.381 e. The monoisotopic (exact) mass is 406 g/mol. The van der Waals surface area contributed by atoms with Gasteiger partial charge in [0.15, 0.2) is 11.6 Å². The van der Waals surface area contributed by atoms with E-state index < -0.39 is 29.9 Å². The van der Waals surface area contributed by atoms with Crippen molar-refractivity contribution in [3.8, 4) is 0 Å². The van der Waals surface area contributed by atoms with Crippen molar-refractivity contribution in [2.24, 2.45) is 22.7 Å². The van der Waals surface area contributed by atoms with E-state index in [-0.39, 0.29) is 11.0 Å². The van der Waals surface area contributed by atoms with Gasteiger partial charge in [-0.2, -0.15) is 0 Å². The van der Waals surface area contributed by atoms with Gasteiger partial charge < -0.3 is 14.9 Å². The Kier molecular flexibility index (Phi) is 5.92. The van der Waals surface area contributed by atoms with Gasteiger partial charge in [0, 0.05) is 0 Å². The minimum Gasteiger partial charge on any atom is -0.381 e. The van der Waals surface area contributed by atoms with E-state index in [1.54, 1.807) is 0 Å². The molecule has 7 atom stereocenters. The molecule has 0 spiro atoms. The fraction of sp³-hybridized carbons (Fsp3) is 0.833. The van der Waals surface area contributed by atoms with E-state index in [0.717, 1.165) is 12.8 Å². The summed E-state index contributed by atoms with van der Waals surface area (Å²) in [5.41, 5.74) is 0.468. The molecule has 1 aliphatic heterocycles. The quantitative estimate of drug-likeness (QED) is 0.682. The fourth-order valence-corrected chi connectivity index (χ4v) is 6.97. The highest BCUT2D eigenvalue weighted by Crippen LogP contribution is 2.66. The van der Waals surface area contributed by atoms with Crippen LogP contribution in [0, 0.1) is 22.7 Å². The third-order valence-corrected chi connectivity index (χ3v) is 8.44. The molecule has 5 heteroatoms. The van der Waals surface area contributed by atoms with Crippen LogP contribution in [-0.2, 0) is 14.3 Å². The van der Waals surface area contributed by atoms with Crippen LogP contribution in [0.3, 0.4) is 0 Å². The zero-order valence-electron chi connectivity index (χ0n) is 18.8. The molecule has 0 aromatic rings. The molecule has 1 heterocycles. The molecule has 0 aromatic carbocycles. The summed E-state index contributed by atoms with van der Waals surface area (Å²) in [6, 6.07) is 0. The number of hydrogen-bond acceptors (Lipinski definition) is 5. The molecular formula is C24H38O5. The van der Waals surface area contributed by atoms with Gasteiger partial charge in [-0.15, -0.1) is 0 Å². The standard InChI is InChI=1S/C24H38O5/c1-14(25)17(27)12-16(21(28)15(2)26)18-13-20-23(5)10-7-9-22(3,4)19(23)8-11-24(20,6)29-18/h12,17-21,27-28H,7-11,13H2,1-6H3. The number of aliphatic hydroxyl groups excluding tert-OH is 2. The first kappa shape index (κ1) is 22.6. The van der Waals surface area contributed by atoms with Crippen molar-refractivity contribution in [3.63, 3.8) is 0 Å². The molecule has 3 fully saturated rings. The first-order valence-electron chi connectivity index (χ1n) is 11.1. The molecule has 164 valence electrons. The van der Waals surface area contributed by atoms with Gasteiger partial charge in [0.2, 0.25) is 0 Å². The third kappa shape index (κ3) is 3.86. The molecule has 0 bridgehead atoms. The number of aliphatic hydroxyl groups is 2. The summed E-state index contributed by atoms with van der Waals surface area (Å²) >= 11 is 0. The molecule has 3 rings (SSSR count). The average molecular weight is 407 g/mol. The lowest BCUT2D eigenvalue weighted by molar-refractivity contribution is -0.153. The average Bonchev–Trinajstić information content (AvgIpc) is 2.96. The maximum absolute atomic E-state index is 12.0. The Morgan fingerprint density at radius 1 is 1.00 bits per heavy atom. The zero-order chi connectivity index (χ0) is 21.8. The van der Waals surface area contributed by atoms with Crippen LogP contribution >= 0.6 is 0 Å². The summed E-state index contributed by atoms with van der Waals surface area (Å²) in [5, 5.41) is 20.7. The Labute approximate surface area is 174 Å². The molecule has 7 unspecified atom stereocenters. The fourth-order valence-electron chi connectivity index (χ4n) is 6.97. The molecular weight excluding hydrogens is 368 g/mol. The Bertz CT molecular complexity index is 710. The van der Waals surface area contributed by atoms with Crippen molar-refractivity contribution in [2.45, 2.75) is 104 Å². The summed E-state index contributed by atoms with van der Waals surface area (Å²) in [7, 11) is 0. The number of fused-ring (bicyclic) bond motifs is 3. The normalized spacial score (nSPS) is 41.2. The van der Waals surface area contributed by atoms with Crippen molar-refractivity contribution in [1.82, 2.24) is 0 Å². The third-order valence-electron chi connectivity index (χ3n) is 8.44. The topological polar surface area (TPSA) is 83.8 Å². The second-order valence-electron chi connectivity index (χ2n) is 10.9. The van der Waals surface area contributed by atoms with E-state index in [2.05, 4.69) is 27.7 Å². The maximum Gasteiger partial charge on any atom is 0.162 e. The molecule has 5 nitrogen and oxygen atoms in total. The van der Waals surface area contributed by atoms with Gasteiger partial charge in [-0.3, -0.25) is 9.59 Å². The first-order valence-corrected chi connectivity index (χ1v) is 11.1. The van der Waals surface area contributed by atoms with Gasteiger partial charge in [0.25, 0.3) is 0 Å². The predicted molar refractivity (Wildman–Crippen MR) is 111 cm³/mol. The van der Waals surface area contributed by atoms with Gasteiger partial charge >= 0.3 is 0 Å². The number of carbonyl (C=O) groups excluding carboxylic acids is 2. The van der Waals surface area contributed by atoms with Gasteiger partial charge in [0.05, 0.1) is 11.7 Å². The highest BCUT2D eigenvalue weighted by Gasteiger charge is 2.62. The zero-order valence-corrected chi connectivity index (χ0v) is 18.8.